The molecule has 16 heavy (non-hydrogen) atoms. The molecule has 0 spiro atoms. The lowest BCUT2D eigenvalue weighted by Crippen LogP contribution is -2.03. The van der Waals surface area contributed by atoms with Crippen molar-refractivity contribution < 1.29 is 9.84 Å². The van der Waals surface area contributed by atoms with Gasteiger partial charge in [-0.3, -0.25) is 0 Å². The maximum absolute atomic E-state index is 9.63. The third-order valence-electron chi connectivity index (χ3n) is 2.17. The van der Waals surface area contributed by atoms with Gasteiger partial charge in [0.15, 0.2) is 0 Å². The van der Waals surface area contributed by atoms with Gasteiger partial charge in [-0.2, -0.15) is 11.8 Å². The van der Waals surface area contributed by atoms with Crippen molar-refractivity contribution in [3.05, 3.63) is 28.2 Å². The van der Waals surface area contributed by atoms with Crippen LogP contribution in [0.2, 0.25) is 0 Å². The molecule has 90 valence electrons. The van der Waals surface area contributed by atoms with E-state index < -0.39 is 6.10 Å². The molecule has 1 rings (SSSR count). The van der Waals surface area contributed by atoms with Gasteiger partial charge in [0.25, 0.3) is 0 Å². The van der Waals surface area contributed by atoms with E-state index in [9.17, 15) is 5.11 Å². The van der Waals surface area contributed by atoms with Crippen LogP contribution in [0.5, 0.6) is 5.75 Å². The van der Waals surface area contributed by atoms with Crippen molar-refractivity contribution in [1.82, 2.24) is 0 Å². The first-order valence-electron chi connectivity index (χ1n) is 5.24. The second kappa shape index (κ2) is 7.20. The number of aliphatic hydroxyl groups excluding tert-OH is 1. The first-order valence-corrected chi connectivity index (χ1v) is 7.43. The monoisotopic (exact) mass is 304 g/mol. The van der Waals surface area contributed by atoms with E-state index in [0.717, 1.165) is 28.0 Å². The summed E-state index contributed by atoms with van der Waals surface area (Å²) in [6.45, 7) is 2.44. The molecular weight excluding hydrogens is 288 g/mol. The van der Waals surface area contributed by atoms with Crippen LogP contribution < -0.4 is 4.74 Å². The second-order valence-electron chi connectivity index (χ2n) is 3.55. The smallest absolute Gasteiger partial charge is 0.125 e. The van der Waals surface area contributed by atoms with Crippen molar-refractivity contribution in [2.24, 2.45) is 0 Å². The summed E-state index contributed by atoms with van der Waals surface area (Å²) >= 11 is 5.20. The molecule has 1 aromatic rings. The van der Waals surface area contributed by atoms with Crippen LogP contribution in [0.4, 0.5) is 0 Å². The fourth-order valence-electron chi connectivity index (χ4n) is 1.36. The maximum atomic E-state index is 9.63. The molecule has 0 saturated carbocycles. The molecule has 1 aromatic carbocycles. The number of rotatable bonds is 6. The van der Waals surface area contributed by atoms with Crippen molar-refractivity contribution >= 4 is 27.7 Å². The molecule has 0 fully saturated rings. The van der Waals surface area contributed by atoms with E-state index in [-0.39, 0.29) is 0 Å². The molecule has 0 saturated heterocycles. The van der Waals surface area contributed by atoms with Crippen LogP contribution in [-0.2, 0) is 0 Å². The quantitative estimate of drug-likeness (QED) is 0.814. The molecule has 0 aliphatic heterocycles. The second-order valence-corrected chi connectivity index (χ2v) is 5.45. The SMILES string of the molecule is CSCCCOc1ccc(Br)cc1[C@H](C)O. The van der Waals surface area contributed by atoms with Crippen LogP contribution in [0.25, 0.3) is 0 Å². The molecule has 0 aliphatic rings. The summed E-state index contributed by atoms with van der Waals surface area (Å²) in [5.41, 5.74) is 0.832. The maximum Gasteiger partial charge on any atom is 0.125 e. The molecule has 4 heteroatoms. The van der Waals surface area contributed by atoms with E-state index in [1.807, 2.05) is 30.0 Å². The van der Waals surface area contributed by atoms with E-state index in [4.69, 9.17) is 4.74 Å². The highest BCUT2D eigenvalue weighted by Crippen LogP contribution is 2.28. The Labute approximate surface area is 110 Å². The van der Waals surface area contributed by atoms with Crippen LogP contribution >= 0.6 is 27.7 Å². The Kier molecular flexibility index (Phi) is 6.24. The summed E-state index contributed by atoms with van der Waals surface area (Å²) in [5, 5.41) is 9.63. The number of benzene rings is 1. The summed E-state index contributed by atoms with van der Waals surface area (Å²) in [6.07, 6.45) is 2.60. The van der Waals surface area contributed by atoms with E-state index in [1.165, 1.54) is 0 Å². The van der Waals surface area contributed by atoms with Crippen LogP contribution in [0.15, 0.2) is 22.7 Å². The zero-order chi connectivity index (χ0) is 12.0. The third-order valence-corrected chi connectivity index (χ3v) is 3.36. The lowest BCUT2D eigenvalue weighted by Gasteiger charge is -2.13. The predicted molar refractivity (Wildman–Crippen MR) is 73.3 cm³/mol. The summed E-state index contributed by atoms with van der Waals surface area (Å²) in [6, 6.07) is 5.72. The molecular formula is C12H17BrO2S. The average Bonchev–Trinajstić information content (AvgIpc) is 2.26. The van der Waals surface area contributed by atoms with Crippen LogP contribution in [-0.4, -0.2) is 23.7 Å². The summed E-state index contributed by atoms with van der Waals surface area (Å²) in [5.74, 6) is 1.87. The van der Waals surface area contributed by atoms with Gasteiger partial charge in [0.1, 0.15) is 5.75 Å². The molecule has 2 nitrogen and oxygen atoms in total. The number of aliphatic hydroxyl groups is 1. The minimum atomic E-state index is -0.506. The van der Waals surface area contributed by atoms with Crippen molar-refractivity contribution in [1.29, 1.82) is 0 Å². The first kappa shape index (κ1) is 13.9. The fraction of sp³-hybridized carbons (Fsp3) is 0.500. The molecule has 0 unspecified atom stereocenters. The Bertz CT molecular complexity index is 329. The summed E-state index contributed by atoms with van der Waals surface area (Å²) in [7, 11) is 0. The van der Waals surface area contributed by atoms with Gasteiger partial charge in [-0.25, -0.2) is 0 Å². The predicted octanol–water partition coefficient (Wildman–Crippen LogP) is 3.63. The van der Waals surface area contributed by atoms with E-state index in [1.54, 1.807) is 6.92 Å². The zero-order valence-corrected chi connectivity index (χ0v) is 12.0. The van der Waals surface area contributed by atoms with Gasteiger partial charge in [0.05, 0.1) is 12.7 Å². The lowest BCUT2D eigenvalue weighted by atomic mass is 10.1. The molecule has 1 N–H and O–H groups in total. The Morgan fingerprint density at radius 1 is 1.50 bits per heavy atom. The minimum absolute atomic E-state index is 0.506. The summed E-state index contributed by atoms with van der Waals surface area (Å²) < 4.78 is 6.62. The van der Waals surface area contributed by atoms with Gasteiger partial charge >= 0.3 is 0 Å². The fourth-order valence-corrected chi connectivity index (χ4v) is 2.15. The number of ether oxygens (including phenoxy) is 1. The Hall–Kier alpha value is -0.190. The molecule has 0 amide bonds. The van der Waals surface area contributed by atoms with Gasteiger partial charge in [-0.15, -0.1) is 0 Å². The zero-order valence-electron chi connectivity index (χ0n) is 9.57. The largest absolute Gasteiger partial charge is 0.493 e. The normalized spacial score (nSPS) is 12.5. The number of hydrogen-bond donors (Lipinski definition) is 1. The highest BCUT2D eigenvalue weighted by atomic mass is 79.9. The average molecular weight is 305 g/mol. The van der Waals surface area contributed by atoms with Gasteiger partial charge in [-0.05, 0) is 43.6 Å². The molecule has 0 heterocycles. The van der Waals surface area contributed by atoms with Gasteiger partial charge in [-0.1, -0.05) is 15.9 Å². The van der Waals surface area contributed by atoms with E-state index in [2.05, 4.69) is 22.2 Å². The Morgan fingerprint density at radius 3 is 2.88 bits per heavy atom. The highest BCUT2D eigenvalue weighted by molar-refractivity contribution is 9.10. The van der Waals surface area contributed by atoms with Crippen LogP contribution in [0.3, 0.4) is 0 Å². The van der Waals surface area contributed by atoms with Gasteiger partial charge in [0.2, 0.25) is 0 Å². The first-order chi connectivity index (χ1) is 7.65. The number of thioether (sulfide) groups is 1. The van der Waals surface area contributed by atoms with Crippen molar-refractivity contribution in [3.8, 4) is 5.75 Å². The van der Waals surface area contributed by atoms with Crippen molar-refractivity contribution in [2.75, 3.05) is 18.6 Å². The van der Waals surface area contributed by atoms with Crippen molar-refractivity contribution in [2.45, 2.75) is 19.4 Å². The van der Waals surface area contributed by atoms with Gasteiger partial charge in [0, 0.05) is 10.0 Å². The Balaban J connectivity index is 2.64. The standard InChI is InChI=1S/C12H17BrO2S/c1-9(14)11-8-10(13)4-5-12(11)15-6-3-7-16-2/h4-5,8-9,14H,3,6-7H2,1-2H3/t9-/m0/s1. The van der Waals surface area contributed by atoms with Crippen molar-refractivity contribution in [3.63, 3.8) is 0 Å². The van der Waals surface area contributed by atoms with E-state index >= 15 is 0 Å². The van der Waals surface area contributed by atoms with Gasteiger partial charge < -0.3 is 9.84 Å². The number of halogens is 1. The minimum Gasteiger partial charge on any atom is -0.493 e. The van der Waals surface area contributed by atoms with E-state index in [0.29, 0.717) is 6.61 Å². The Morgan fingerprint density at radius 2 is 2.25 bits per heavy atom. The topological polar surface area (TPSA) is 29.5 Å². The number of hydrogen-bond acceptors (Lipinski definition) is 3. The molecule has 0 aliphatic carbocycles. The molecule has 1 atom stereocenters. The lowest BCUT2D eigenvalue weighted by molar-refractivity contribution is 0.191. The summed E-state index contributed by atoms with van der Waals surface area (Å²) in [4.78, 5) is 0. The van der Waals surface area contributed by atoms with Crippen LogP contribution in [0.1, 0.15) is 25.0 Å². The van der Waals surface area contributed by atoms with Crippen LogP contribution in [0, 0.1) is 0 Å². The highest BCUT2D eigenvalue weighted by Gasteiger charge is 2.09. The molecule has 0 aromatic heterocycles. The molecule has 0 radical (unpaired) electrons. The molecule has 0 bridgehead atoms. The third kappa shape index (κ3) is 4.36.